The first-order chi connectivity index (χ1) is 15.0. The lowest BCUT2D eigenvalue weighted by Gasteiger charge is -2.27. The molecular formula is C26H24FNO3. The molecule has 1 aliphatic rings. The molecule has 0 spiro atoms. The quantitative estimate of drug-likeness (QED) is 0.580. The first kappa shape index (κ1) is 20.7. The van der Waals surface area contributed by atoms with Gasteiger partial charge in [0.2, 0.25) is 0 Å². The third kappa shape index (κ3) is 4.04. The fourth-order valence-electron chi connectivity index (χ4n) is 3.95. The highest BCUT2D eigenvalue weighted by molar-refractivity contribution is 6.05. The predicted molar refractivity (Wildman–Crippen MR) is 118 cm³/mol. The van der Waals surface area contributed by atoms with Crippen molar-refractivity contribution in [2.75, 3.05) is 7.11 Å². The molecule has 3 aromatic carbocycles. The van der Waals surface area contributed by atoms with E-state index in [0.717, 1.165) is 23.1 Å². The summed E-state index contributed by atoms with van der Waals surface area (Å²) in [6.07, 6.45) is 0.912. The second-order valence-electron chi connectivity index (χ2n) is 7.55. The van der Waals surface area contributed by atoms with E-state index in [4.69, 9.17) is 4.74 Å². The second-order valence-corrected chi connectivity index (χ2v) is 7.55. The molecule has 31 heavy (non-hydrogen) atoms. The van der Waals surface area contributed by atoms with Crippen LogP contribution in [-0.4, -0.2) is 23.0 Å². The fourth-order valence-corrected chi connectivity index (χ4v) is 3.95. The predicted octanol–water partition coefficient (Wildman–Crippen LogP) is 5.45. The summed E-state index contributed by atoms with van der Waals surface area (Å²) in [6.45, 7) is 2.34. The Labute approximate surface area is 181 Å². The lowest BCUT2D eigenvalue weighted by atomic mass is 9.92. The summed E-state index contributed by atoms with van der Waals surface area (Å²) in [5.41, 5.74) is 4.19. The number of aliphatic hydroxyl groups is 1. The smallest absolute Gasteiger partial charge is 0.290 e. The van der Waals surface area contributed by atoms with Crippen LogP contribution in [0.4, 0.5) is 4.39 Å². The third-order valence-corrected chi connectivity index (χ3v) is 5.67. The maximum atomic E-state index is 13.4. The molecule has 4 rings (SSSR count). The van der Waals surface area contributed by atoms with E-state index >= 15 is 0 Å². The number of amides is 1. The molecule has 5 heteroatoms. The maximum Gasteiger partial charge on any atom is 0.290 e. The SMILES string of the molecule is CCc1ccc([C@H]2C(c3ccc(OC)cc3)=C(O)C(=O)N2Cc2ccc(F)cc2)cc1. The summed E-state index contributed by atoms with van der Waals surface area (Å²) in [6, 6.07) is 21.0. The molecule has 0 fully saturated rings. The van der Waals surface area contributed by atoms with Gasteiger partial charge in [-0.25, -0.2) is 4.39 Å². The number of rotatable bonds is 6. The maximum absolute atomic E-state index is 13.4. The van der Waals surface area contributed by atoms with Gasteiger partial charge in [-0.15, -0.1) is 0 Å². The highest BCUT2D eigenvalue weighted by Crippen LogP contribution is 2.44. The Morgan fingerprint density at radius 1 is 0.935 bits per heavy atom. The van der Waals surface area contributed by atoms with Crippen molar-refractivity contribution >= 4 is 11.5 Å². The van der Waals surface area contributed by atoms with Crippen LogP contribution in [0.15, 0.2) is 78.6 Å². The van der Waals surface area contributed by atoms with Crippen molar-refractivity contribution in [2.45, 2.75) is 25.9 Å². The van der Waals surface area contributed by atoms with Crippen LogP contribution in [0.2, 0.25) is 0 Å². The van der Waals surface area contributed by atoms with Gasteiger partial charge in [-0.2, -0.15) is 0 Å². The molecule has 0 unspecified atom stereocenters. The third-order valence-electron chi connectivity index (χ3n) is 5.67. The summed E-state index contributed by atoms with van der Waals surface area (Å²) < 4.78 is 18.6. The van der Waals surface area contributed by atoms with Gasteiger partial charge in [-0.1, -0.05) is 55.5 Å². The van der Waals surface area contributed by atoms with Gasteiger partial charge in [-0.05, 0) is 52.9 Å². The minimum absolute atomic E-state index is 0.253. The number of benzene rings is 3. The molecule has 0 saturated carbocycles. The molecule has 158 valence electrons. The summed E-state index contributed by atoms with van der Waals surface area (Å²) in [4.78, 5) is 14.7. The lowest BCUT2D eigenvalue weighted by Crippen LogP contribution is -2.29. The van der Waals surface area contributed by atoms with Crippen LogP contribution in [0.25, 0.3) is 5.57 Å². The lowest BCUT2D eigenvalue weighted by molar-refractivity contribution is -0.130. The van der Waals surface area contributed by atoms with E-state index in [1.165, 1.54) is 17.7 Å². The van der Waals surface area contributed by atoms with E-state index in [0.29, 0.717) is 11.3 Å². The number of halogens is 1. The molecule has 4 nitrogen and oxygen atoms in total. The molecule has 1 heterocycles. The van der Waals surface area contributed by atoms with Crippen molar-refractivity contribution in [3.63, 3.8) is 0 Å². The number of carbonyl (C=O) groups excluding carboxylic acids is 1. The molecular weight excluding hydrogens is 393 g/mol. The van der Waals surface area contributed by atoms with Crippen LogP contribution in [0.1, 0.15) is 35.2 Å². The first-order valence-electron chi connectivity index (χ1n) is 10.2. The molecule has 1 atom stereocenters. The minimum Gasteiger partial charge on any atom is -0.503 e. The van der Waals surface area contributed by atoms with Gasteiger partial charge in [0.25, 0.3) is 5.91 Å². The van der Waals surface area contributed by atoms with Gasteiger partial charge in [-0.3, -0.25) is 4.79 Å². The summed E-state index contributed by atoms with van der Waals surface area (Å²) in [5.74, 6) is -0.347. The standard InChI is InChI=1S/C26H24FNO3/c1-3-17-4-8-20(9-5-17)24-23(19-10-14-22(31-2)15-11-19)25(29)26(30)28(24)16-18-6-12-21(27)13-7-18/h4-15,24,29H,3,16H2,1-2H3/t24-/m0/s1. The molecule has 0 radical (unpaired) electrons. The Kier molecular flexibility index (Phi) is 5.76. The molecule has 0 aliphatic carbocycles. The van der Waals surface area contributed by atoms with E-state index < -0.39 is 11.9 Å². The number of aliphatic hydroxyl groups excluding tert-OH is 1. The zero-order valence-corrected chi connectivity index (χ0v) is 17.5. The highest BCUT2D eigenvalue weighted by Gasteiger charge is 2.41. The number of ether oxygens (including phenoxy) is 1. The summed E-state index contributed by atoms with van der Waals surface area (Å²) in [5, 5.41) is 10.9. The molecule has 1 amide bonds. The highest BCUT2D eigenvalue weighted by atomic mass is 19.1. The summed E-state index contributed by atoms with van der Waals surface area (Å²) in [7, 11) is 1.59. The molecule has 1 N–H and O–H groups in total. The molecule has 3 aromatic rings. The van der Waals surface area contributed by atoms with Crippen LogP contribution in [0.5, 0.6) is 5.75 Å². The van der Waals surface area contributed by atoms with Gasteiger partial charge < -0.3 is 14.7 Å². The normalized spacial score (nSPS) is 16.2. The molecule has 0 bridgehead atoms. The van der Waals surface area contributed by atoms with Crippen molar-refractivity contribution in [1.82, 2.24) is 4.90 Å². The average molecular weight is 417 g/mol. The number of carbonyl (C=O) groups is 1. The molecule has 0 saturated heterocycles. The van der Waals surface area contributed by atoms with Crippen LogP contribution >= 0.6 is 0 Å². The van der Waals surface area contributed by atoms with Gasteiger partial charge in [0, 0.05) is 12.1 Å². The van der Waals surface area contributed by atoms with E-state index in [9.17, 15) is 14.3 Å². The number of hydrogen-bond acceptors (Lipinski definition) is 3. The first-order valence-corrected chi connectivity index (χ1v) is 10.2. The van der Waals surface area contributed by atoms with Crippen molar-refractivity contribution in [2.24, 2.45) is 0 Å². The number of methoxy groups -OCH3 is 1. The van der Waals surface area contributed by atoms with Gasteiger partial charge in [0.15, 0.2) is 5.76 Å². The van der Waals surface area contributed by atoms with Crippen molar-refractivity contribution in [3.05, 3.63) is 107 Å². The Hall–Kier alpha value is -3.60. The Morgan fingerprint density at radius 2 is 1.55 bits per heavy atom. The monoisotopic (exact) mass is 417 g/mol. The Balaban J connectivity index is 1.78. The Bertz CT molecular complexity index is 1100. The zero-order valence-electron chi connectivity index (χ0n) is 17.5. The van der Waals surface area contributed by atoms with E-state index in [-0.39, 0.29) is 18.1 Å². The molecule has 0 aromatic heterocycles. The van der Waals surface area contributed by atoms with Crippen molar-refractivity contribution in [3.8, 4) is 5.75 Å². The number of aryl methyl sites for hydroxylation is 1. The second kappa shape index (κ2) is 8.64. The van der Waals surface area contributed by atoms with Crippen LogP contribution < -0.4 is 4.74 Å². The topological polar surface area (TPSA) is 49.8 Å². The van der Waals surface area contributed by atoms with Gasteiger partial charge in [0.05, 0.1) is 13.2 Å². The minimum atomic E-state index is -0.461. The van der Waals surface area contributed by atoms with E-state index in [1.807, 2.05) is 36.4 Å². The van der Waals surface area contributed by atoms with Crippen LogP contribution in [-0.2, 0) is 17.8 Å². The zero-order chi connectivity index (χ0) is 22.0. The number of hydrogen-bond donors (Lipinski definition) is 1. The van der Waals surface area contributed by atoms with Crippen molar-refractivity contribution in [1.29, 1.82) is 0 Å². The van der Waals surface area contributed by atoms with Gasteiger partial charge in [0.1, 0.15) is 11.6 Å². The Morgan fingerprint density at radius 3 is 2.13 bits per heavy atom. The average Bonchev–Trinajstić information content (AvgIpc) is 3.05. The van der Waals surface area contributed by atoms with E-state index in [2.05, 4.69) is 6.92 Å². The molecule has 1 aliphatic heterocycles. The van der Waals surface area contributed by atoms with Crippen molar-refractivity contribution < 1.29 is 19.0 Å². The van der Waals surface area contributed by atoms with Crippen LogP contribution in [0, 0.1) is 5.82 Å². The largest absolute Gasteiger partial charge is 0.503 e. The number of nitrogens with zero attached hydrogens (tertiary/aromatic N) is 1. The fraction of sp³-hybridized carbons (Fsp3) is 0.192. The van der Waals surface area contributed by atoms with E-state index in [1.54, 1.807) is 36.3 Å². The summed E-state index contributed by atoms with van der Waals surface area (Å²) >= 11 is 0. The van der Waals surface area contributed by atoms with Gasteiger partial charge >= 0.3 is 0 Å². The van der Waals surface area contributed by atoms with Crippen LogP contribution in [0.3, 0.4) is 0 Å².